The van der Waals surface area contributed by atoms with Crippen molar-refractivity contribution in [2.45, 2.75) is 93.0 Å². The second-order valence-electron chi connectivity index (χ2n) is 18.1. The predicted molar refractivity (Wildman–Crippen MR) is 204 cm³/mol. The molecule has 8 aliphatic rings. The normalized spacial score (nSPS) is 48.2. The summed E-state index contributed by atoms with van der Waals surface area (Å²) in [6.45, 7) is 5.12. The fourth-order valence-corrected chi connectivity index (χ4v) is 13.3. The molecule has 14 nitrogen and oxygen atoms in total. The van der Waals surface area contributed by atoms with Crippen LogP contribution >= 0.6 is 0 Å². The van der Waals surface area contributed by atoms with Gasteiger partial charge in [0.25, 0.3) is 5.79 Å². The van der Waals surface area contributed by atoms with Gasteiger partial charge in [-0.3, -0.25) is 0 Å². The average molecular weight is 813 g/mol. The lowest BCUT2D eigenvalue weighted by atomic mass is 9.37. The van der Waals surface area contributed by atoms with E-state index in [0.29, 0.717) is 6.42 Å². The Morgan fingerprint density at radius 3 is 2.10 bits per heavy atom. The number of rotatable bonds is 8. The molecule has 312 valence electrons. The number of hydrogen-bond donors (Lipinski definition) is 3. The maximum absolute atomic E-state index is 14.1. The van der Waals surface area contributed by atoms with Crippen LogP contribution in [0.2, 0.25) is 0 Å². The molecule has 3 saturated carbocycles. The van der Waals surface area contributed by atoms with Crippen LogP contribution in [0.15, 0.2) is 85.2 Å². The van der Waals surface area contributed by atoms with Gasteiger partial charge in [0.15, 0.2) is 5.60 Å². The fourth-order valence-electron chi connectivity index (χ4n) is 13.3. The summed E-state index contributed by atoms with van der Waals surface area (Å²) in [6.07, 6.45) is 2.56. The predicted octanol–water partition coefficient (Wildman–Crippen LogP) is 3.08. The highest BCUT2D eigenvalue weighted by Gasteiger charge is 2.96. The zero-order chi connectivity index (χ0) is 41.4. The number of fused-ring (bicyclic) bond motifs is 7. The quantitative estimate of drug-likeness (QED) is 0.153. The summed E-state index contributed by atoms with van der Waals surface area (Å²) in [5, 5.41) is 37.9. The van der Waals surface area contributed by atoms with Crippen molar-refractivity contribution in [2.75, 3.05) is 20.3 Å². The first-order chi connectivity index (χ1) is 28.1. The van der Waals surface area contributed by atoms with Crippen molar-refractivity contribution in [2.24, 2.45) is 34.0 Å². The van der Waals surface area contributed by atoms with Gasteiger partial charge in [-0.15, -0.1) is 0 Å². The van der Waals surface area contributed by atoms with E-state index in [4.69, 9.17) is 37.9 Å². The van der Waals surface area contributed by atoms with Gasteiger partial charge in [-0.25, -0.2) is 14.4 Å². The number of epoxide rings is 1. The van der Waals surface area contributed by atoms with Gasteiger partial charge in [0, 0.05) is 52.6 Å². The van der Waals surface area contributed by atoms with Crippen LogP contribution in [0.1, 0.15) is 44.7 Å². The van der Waals surface area contributed by atoms with Crippen molar-refractivity contribution in [1.82, 2.24) is 0 Å². The molecule has 1 spiro atoms. The molecule has 3 aliphatic carbocycles. The Bertz CT molecular complexity index is 2160. The Kier molecular flexibility index (Phi) is 8.41. The Labute approximate surface area is 340 Å². The minimum Gasteiger partial charge on any atom is -0.469 e. The van der Waals surface area contributed by atoms with Crippen LogP contribution in [-0.2, 0) is 52.3 Å². The minimum atomic E-state index is -2.72. The minimum absolute atomic E-state index is 0.00363. The van der Waals surface area contributed by atoms with Gasteiger partial charge in [0.2, 0.25) is 6.29 Å². The topological polar surface area (TPSA) is 189 Å². The zero-order valence-electron chi connectivity index (χ0n) is 33.1. The molecular weight excluding hydrogens is 764 g/mol. The van der Waals surface area contributed by atoms with Crippen LogP contribution in [0.5, 0.6) is 0 Å². The Morgan fingerprint density at radius 2 is 1.47 bits per heavy atom. The molecule has 0 amide bonds. The third-order valence-electron chi connectivity index (χ3n) is 15.6. The maximum Gasteiger partial charge on any atom is 0.366 e. The summed E-state index contributed by atoms with van der Waals surface area (Å²) >= 11 is 0. The number of carbonyl (C=O) groups excluding carboxylic acids is 3. The first-order valence-corrected chi connectivity index (χ1v) is 20.2. The number of benzene rings is 2. The van der Waals surface area contributed by atoms with E-state index in [-0.39, 0.29) is 19.6 Å². The molecule has 0 unspecified atom stereocenters. The van der Waals surface area contributed by atoms with Crippen molar-refractivity contribution in [3.05, 3.63) is 96.3 Å². The number of esters is 3. The molecule has 16 atom stereocenters. The molecule has 59 heavy (non-hydrogen) atoms. The van der Waals surface area contributed by atoms with Crippen LogP contribution in [0.3, 0.4) is 0 Å². The number of ether oxygens (including phenoxy) is 8. The lowest BCUT2D eigenvalue weighted by molar-refractivity contribution is -0.314. The lowest BCUT2D eigenvalue weighted by Gasteiger charge is -2.66. The van der Waals surface area contributed by atoms with E-state index in [1.54, 1.807) is 25.2 Å². The number of aliphatic hydroxyl groups excluding tert-OH is 1. The van der Waals surface area contributed by atoms with Crippen LogP contribution in [0.25, 0.3) is 12.2 Å². The van der Waals surface area contributed by atoms with Crippen LogP contribution in [0, 0.1) is 34.0 Å². The first-order valence-electron chi connectivity index (χ1n) is 20.2. The van der Waals surface area contributed by atoms with Crippen molar-refractivity contribution in [3.8, 4) is 0 Å². The van der Waals surface area contributed by atoms with Crippen molar-refractivity contribution in [1.29, 1.82) is 0 Å². The van der Waals surface area contributed by atoms with Crippen molar-refractivity contribution < 1.29 is 67.6 Å². The molecule has 5 heterocycles. The molecule has 5 aliphatic heterocycles. The third kappa shape index (κ3) is 4.84. The largest absolute Gasteiger partial charge is 0.469 e. The van der Waals surface area contributed by atoms with E-state index in [1.165, 1.54) is 18.4 Å². The standard InChI is InChI=1S/C45H48O14/c1-39-23-54-33-34(39)42(29(57-32(47)18-16-26-13-9-6-10-14-26)22-28(39)56-31(46)17-15-25-11-7-5-8-12-25)24-55-44(51,37(49)52-4)36(42)40(2,35(33)48)45-30-21-27(41(45,3)59-45)43(50)19-20-53-38(43)58-30/h5-20,27-30,33-36,38,48,50-51H,21-24H2,1-4H3/b17-15+,18-16+/t27-,28-,29+,30+,33-,34+,35-,36+,38+,39-,40-,41+,42-,43-,44+,45+/m1/s1. The number of aliphatic hydroxyl groups is 3. The Hall–Kier alpha value is -4.41. The molecule has 2 bridgehead atoms. The molecule has 10 rings (SSSR count). The summed E-state index contributed by atoms with van der Waals surface area (Å²) in [6, 6.07) is 18.5. The molecule has 14 heteroatoms. The summed E-state index contributed by atoms with van der Waals surface area (Å²) in [7, 11) is 1.13. The Balaban J connectivity index is 1.11. The molecular formula is C45H48O14. The van der Waals surface area contributed by atoms with Crippen molar-refractivity contribution >= 4 is 30.1 Å². The van der Waals surface area contributed by atoms with E-state index in [0.717, 1.165) is 18.2 Å². The van der Waals surface area contributed by atoms with Gasteiger partial charge >= 0.3 is 17.9 Å². The second kappa shape index (κ2) is 12.8. The zero-order valence-corrected chi connectivity index (χ0v) is 33.1. The van der Waals surface area contributed by atoms with Gasteiger partial charge in [0.05, 0.1) is 44.9 Å². The van der Waals surface area contributed by atoms with Crippen LogP contribution in [0.4, 0.5) is 0 Å². The number of carbonyl (C=O) groups is 3. The van der Waals surface area contributed by atoms with Gasteiger partial charge < -0.3 is 53.2 Å². The molecule has 0 radical (unpaired) electrons. The molecule has 7 fully saturated rings. The molecule has 2 aromatic carbocycles. The highest BCUT2D eigenvalue weighted by molar-refractivity contribution is 5.88. The third-order valence-corrected chi connectivity index (χ3v) is 15.6. The van der Waals surface area contributed by atoms with Gasteiger partial charge in [-0.2, -0.15) is 0 Å². The average Bonchev–Trinajstić information content (AvgIpc) is 3.55. The highest BCUT2D eigenvalue weighted by atomic mass is 16.7. The highest BCUT2D eigenvalue weighted by Crippen LogP contribution is 2.83. The molecule has 3 N–H and O–H groups in total. The van der Waals surface area contributed by atoms with E-state index in [9.17, 15) is 29.7 Å². The first kappa shape index (κ1) is 38.8. The summed E-state index contributed by atoms with van der Waals surface area (Å²) < 4.78 is 50.0. The van der Waals surface area contributed by atoms with Gasteiger partial charge in [0.1, 0.15) is 23.4 Å². The SMILES string of the molecule is COC(=O)[C@@]1(O)OC[C@]23[C@@H](OC(=O)/C=C/c4ccccc4)C[C@@H](OC(=O)/C=C/c4ccccc4)[C@@]4(C)CO[C@@H]([C@@H](O)[C@@](C)([C@]56O[C@@]5(C)[C@H]5C[C@@H]6O[C@@H]6OC=C[C@]65O)[C@@H]21)[C@@H]43. The van der Waals surface area contributed by atoms with E-state index in [2.05, 4.69) is 0 Å². The summed E-state index contributed by atoms with van der Waals surface area (Å²) in [5.74, 6) is -8.02. The van der Waals surface area contributed by atoms with Crippen molar-refractivity contribution in [3.63, 3.8) is 0 Å². The lowest BCUT2D eigenvalue weighted by Crippen LogP contribution is -2.78. The summed E-state index contributed by atoms with van der Waals surface area (Å²) in [4.78, 5) is 41.8. The number of hydrogen-bond acceptors (Lipinski definition) is 14. The molecule has 2 aromatic rings. The van der Waals surface area contributed by atoms with Crippen LogP contribution < -0.4 is 0 Å². The Morgan fingerprint density at radius 1 is 0.847 bits per heavy atom. The van der Waals surface area contributed by atoms with E-state index < -0.39 is 111 Å². The fraction of sp³-hybridized carbons (Fsp3) is 0.533. The van der Waals surface area contributed by atoms with E-state index >= 15 is 0 Å². The molecule has 4 saturated heterocycles. The maximum atomic E-state index is 14.1. The summed E-state index contributed by atoms with van der Waals surface area (Å²) in [5.41, 5.74) is -6.90. The van der Waals surface area contributed by atoms with Gasteiger partial charge in [-0.05, 0) is 42.7 Å². The monoisotopic (exact) mass is 812 g/mol. The second-order valence-corrected chi connectivity index (χ2v) is 18.1. The number of methoxy groups -OCH3 is 1. The van der Waals surface area contributed by atoms with Crippen LogP contribution in [-0.4, -0.2) is 113 Å². The molecule has 0 aromatic heterocycles. The smallest absolute Gasteiger partial charge is 0.366 e. The van der Waals surface area contributed by atoms with Gasteiger partial charge in [-0.1, -0.05) is 74.5 Å². The van der Waals surface area contributed by atoms with E-state index in [1.807, 2.05) is 74.5 Å².